The van der Waals surface area contributed by atoms with Crippen molar-refractivity contribution in [2.24, 2.45) is 0 Å². The second-order valence-corrected chi connectivity index (χ2v) is 2.11. The Balaban J connectivity index is -0.0000000117. The molecule has 0 saturated heterocycles. The number of rotatable bonds is 2. The van der Waals surface area contributed by atoms with Gasteiger partial charge in [-0.05, 0) is 0 Å². The average Bonchev–Trinajstić information content (AvgIpc) is 1.21. The van der Waals surface area contributed by atoms with Crippen molar-refractivity contribution in [2.45, 2.75) is 0 Å². The molecule has 0 fully saturated rings. The van der Waals surface area contributed by atoms with Crippen LogP contribution in [0.25, 0.3) is 0 Å². The fourth-order valence-electron chi connectivity index (χ4n) is 0.123. The summed E-state index contributed by atoms with van der Waals surface area (Å²) in [5.74, 6) is 0. The summed E-state index contributed by atoms with van der Waals surface area (Å²) in [6, 6.07) is 0. The van der Waals surface area contributed by atoms with E-state index in [2.05, 4.69) is 4.44 Å². The third-order valence-electron chi connectivity index (χ3n) is 0.232. The Morgan fingerprint density at radius 3 is 1.64 bits per heavy atom. The Labute approximate surface area is 116 Å². The maximum Gasteiger partial charge on any atom is 2.00 e. The van der Waals surface area contributed by atoms with Crippen LogP contribution in [0.2, 0.25) is 0 Å². The van der Waals surface area contributed by atoms with E-state index < -0.39 is 15.1 Å². The summed E-state index contributed by atoms with van der Waals surface area (Å²) in [6.45, 7) is 0. The van der Waals surface area contributed by atoms with Gasteiger partial charge in [0.25, 0.3) is 0 Å². The molecule has 11 heteroatoms. The summed E-state index contributed by atoms with van der Waals surface area (Å²) in [5, 5.41) is 15.5. The predicted octanol–water partition coefficient (Wildman–Crippen LogP) is -2.08. The Kier molecular flexibility index (Phi) is 21.4. The summed E-state index contributed by atoms with van der Waals surface area (Å²) < 4.78 is 12.8. The number of phosphoric acid groups is 1. The van der Waals surface area contributed by atoms with Gasteiger partial charge in [0.1, 0.15) is 0 Å². The molecule has 0 aliphatic rings. The molecular weight excluding hydrogens is 216 g/mol. The molecular formula is H11BCaMgNO6P. The summed E-state index contributed by atoms with van der Waals surface area (Å²) in [4.78, 5) is 15.5. The largest absolute Gasteiger partial charge is 2.00 e. The van der Waals surface area contributed by atoms with Gasteiger partial charge in [0.05, 0.1) is 0 Å². The maximum absolute atomic E-state index is 9.59. The summed E-state index contributed by atoms with van der Waals surface area (Å²) in [6.07, 6.45) is 0. The second kappa shape index (κ2) is 10.2. The Morgan fingerprint density at radius 1 is 1.36 bits per heavy atom. The SMILES string of the molecule is N.O=P(O)(O)OB(O)O.[Ca+2].[H-].[H-].[H-].[H-].[Mg+2]. The van der Waals surface area contributed by atoms with Crippen LogP contribution in [-0.2, 0) is 9.01 Å². The van der Waals surface area contributed by atoms with Crippen LogP contribution in [0.5, 0.6) is 0 Å². The van der Waals surface area contributed by atoms with Gasteiger partial charge in [-0.1, -0.05) is 0 Å². The number of hydrogen-bond acceptors (Lipinski definition) is 5. The van der Waals surface area contributed by atoms with Crippen LogP contribution in [0.4, 0.5) is 0 Å². The van der Waals surface area contributed by atoms with Gasteiger partial charge in [0, 0.05) is 0 Å². The van der Waals surface area contributed by atoms with E-state index in [1.807, 2.05) is 0 Å². The van der Waals surface area contributed by atoms with Crippen LogP contribution >= 0.6 is 7.82 Å². The first kappa shape index (κ1) is 23.2. The van der Waals surface area contributed by atoms with E-state index in [1.54, 1.807) is 0 Å². The summed E-state index contributed by atoms with van der Waals surface area (Å²) in [7, 11) is -7.14. The van der Waals surface area contributed by atoms with Gasteiger partial charge < -0.3 is 31.7 Å². The van der Waals surface area contributed by atoms with Crippen molar-refractivity contribution in [1.29, 1.82) is 0 Å². The predicted molar refractivity (Wildman–Crippen MR) is 44.3 cm³/mol. The van der Waals surface area contributed by atoms with Gasteiger partial charge in [-0.15, -0.1) is 0 Å². The average molecular weight is 227 g/mol. The molecule has 0 bridgehead atoms. The van der Waals surface area contributed by atoms with Crippen LogP contribution < -0.4 is 6.15 Å². The molecule has 0 aromatic carbocycles. The van der Waals surface area contributed by atoms with Gasteiger partial charge in [0.2, 0.25) is 0 Å². The van der Waals surface area contributed by atoms with Crippen molar-refractivity contribution in [1.82, 2.24) is 6.15 Å². The Hall–Kier alpha value is 2.08. The van der Waals surface area contributed by atoms with E-state index in [0.29, 0.717) is 0 Å². The molecule has 0 radical (unpaired) electrons. The fraction of sp³-hybridized carbons (Fsp3) is 0. The first-order chi connectivity index (χ1) is 3.42. The van der Waals surface area contributed by atoms with E-state index in [4.69, 9.17) is 19.8 Å². The van der Waals surface area contributed by atoms with Crippen LogP contribution in [0.3, 0.4) is 0 Å². The summed E-state index contributed by atoms with van der Waals surface area (Å²) in [5.41, 5.74) is 0. The normalized spacial score (nSPS) is 8.36. The van der Waals surface area contributed by atoms with E-state index >= 15 is 0 Å². The molecule has 0 aliphatic heterocycles. The quantitative estimate of drug-likeness (QED) is 0.269. The zero-order valence-electron chi connectivity index (χ0n) is 9.75. The molecule has 7 N–H and O–H groups in total. The molecule has 0 spiro atoms. The molecule has 0 saturated carbocycles. The molecule has 0 atom stereocenters. The first-order valence-electron chi connectivity index (χ1n) is 1.52. The van der Waals surface area contributed by atoms with Gasteiger partial charge in [-0.3, -0.25) is 4.44 Å². The molecule has 0 aromatic rings. The van der Waals surface area contributed by atoms with E-state index in [-0.39, 0.29) is 72.6 Å². The Morgan fingerprint density at radius 2 is 1.64 bits per heavy atom. The first-order valence-corrected chi connectivity index (χ1v) is 3.05. The van der Waals surface area contributed by atoms with Crippen molar-refractivity contribution >= 4 is 75.9 Å². The van der Waals surface area contributed by atoms with Crippen LogP contribution in [0.15, 0.2) is 0 Å². The minimum absolute atomic E-state index is 0. The topological polar surface area (TPSA) is 142 Å². The standard InChI is InChI=1S/BH4O6P.Ca.Mg.H3N.4H/c2-1(3)7-8(4,5)6;;;;;;;/h2-3H,(H2,4,5,6);;;1H3;;;;/q;2*+2;;4*-1. The molecule has 11 heavy (non-hydrogen) atoms. The van der Waals surface area contributed by atoms with Gasteiger partial charge in [-0.2, -0.15) is 0 Å². The van der Waals surface area contributed by atoms with Crippen LogP contribution in [0.1, 0.15) is 5.71 Å². The van der Waals surface area contributed by atoms with Crippen molar-refractivity contribution in [3.8, 4) is 0 Å². The van der Waals surface area contributed by atoms with E-state index in [9.17, 15) is 4.57 Å². The smallest absolute Gasteiger partial charge is 1.00 e. The zero-order valence-corrected chi connectivity index (χ0v) is 10.3. The van der Waals surface area contributed by atoms with Crippen LogP contribution in [-0.4, -0.2) is 87.9 Å². The third-order valence-corrected chi connectivity index (χ3v) is 0.695. The van der Waals surface area contributed by atoms with E-state index in [1.165, 1.54) is 0 Å². The molecule has 0 aliphatic carbocycles. The minimum Gasteiger partial charge on any atom is -1.00 e. The third kappa shape index (κ3) is 24.5. The van der Waals surface area contributed by atoms with Crippen molar-refractivity contribution in [3.63, 3.8) is 0 Å². The van der Waals surface area contributed by atoms with Gasteiger partial charge in [0.15, 0.2) is 0 Å². The van der Waals surface area contributed by atoms with Crippen molar-refractivity contribution in [3.05, 3.63) is 0 Å². The molecule has 7 nitrogen and oxygen atoms in total. The monoisotopic (exact) mass is 227 g/mol. The molecule has 0 aromatic heterocycles. The molecule has 0 unspecified atom stereocenters. The molecule has 0 heterocycles. The molecule has 0 amide bonds. The van der Waals surface area contributed by atoms with Crippen molar-refractivity contribution < 1.29 is 34.5 Å². The minimum atomic E-state index is -4.72. The fourth-order valence-corrected chi connectivity index (χ4v) is 0.368. The Bertz CT molecular complexity index is 128. The zero-order chi connectivity index (χ0) is 6.78. The van der Waals surface area contributed by atoms with Gasteiger partial charge >= 0.3 is 75.9 Å². The second-order valence-electron chi connectivity index (χ2n) is 0.922. The number of hydrogen-bond donors (Lipinski definition) is 5. The van der Waals surface area contributed by atoms with Gasteiger partial charge in [-0.25, -0.2) is 4.57 Å². The summed E-state index contributed by atoms with van der Waals surface area (Å²) >= 11 is 0. The molecule has 64 valence electrons. The molecule has 0 rings (SSSR count). The van der Waals surface area contributed by atoms with E-state index in [0.717, 1.165) is 0 Å². The van der Waals surface area contributed by atoms with Crippen LogP contribution in [0, 0.1) is 0 Å². The maximum atomic E-state index is 9.59. The van der Waals surface area contributed by atoms with Crippen molar-refractivity contribution in [2.75, 3.05) is 0 Å².